The van der Waals surface area contributed by atoms with Crippen molar-refractivity contribution in [3.8, 4) is 0 Å². The number of hydrogen-bond donors (Lipinski definition) is 2. The molecule has 1 unspecified atom stereocenters. The van der Waals surface area contributed by atoms with Crippen molar-refractivity contribution in [1.29, 1.82) is 0 Å². The van der Waals surface area contributed by atoms with Gasteiger partial charge in [0.2, 0.25) is 20.0 Å². The molecule has 0 spiro atoms. The Balaban J connectivity index is 1.82. The molecule has 0 radical (unpaired) electrons. The standard InChI is InChI=1S/C19H25N3O6S3/c1-15-5-4-12-22(14-15)31(27,28)17-10-8-16(9-11-17)21-30(25,26)19-7-3-6-18(13-19)29(23,24)20-2/h3,6-11,13,15,20-21H,4-5,12,14H2,1-2H3. The summed E-state index contributed by atoms with van der Waals surface area (Å²) in [6.07, 6.45) is 1.80. The van der Waals surface area contributed by atoms with Crippen molar-refractivity contribution in [3.05, 3.63) is 48.5 Å². The molecule has 9 nitrogen and oxygen atoms in total. The van der Waals surface area contributed by atoms with E-state index < -0.39 is 30.1 Å². The van der Waals surface area contributed by atoms with Crippen LogP contribution in [0, 0.1) is 5.92 Å². The smallest absolute Gasteiger partial charge is 0.261 e. The van der Waals surface area contributed by atoms with Crippen LogP contribution in [0.15, 0.2) is 63.2 Å². The number of anilines is 1. The van der Waals surface area contributed by atoms with Crippen LogP contribution in [0.25, 0.3) is 0 Å². The van der Waals surface area contributed by atoms with Crippen LogP contribution in [0.5, 0.6) is 0 Å². The lowest BCUT2D eigenvalue weighted by Gasteiger charge is -2.30. The van der Waals surface area contributed by atoms with Gasteiger partial charge in [-0.15, -0.1) is 0 Å². The van der Waals surface area contributed by atoms with Crippen molar-refractivity contribution in [3.63, 3.8) is 0 Å². The maximum absolute atomic E-state index is 12.8. The molecule has 0 aliphatic carbocycles. The zero-order valence-corrected chi connectivity index (χ0v) is 19.6. The van der Waals surface area contributed by atoms with E-state index in [2.05, 4.69) is 9.44 Å². The Morgan fingerprint density at radius 1 is 0.871 bits per heavy atom. The molecule has 170 valence electrons. The van der Waals surface area contributed by atoms with Gasteiger partial charge in [0.05, 0.1) is 14.7 Å². The summed E-state index contributed by atoms with van der Waals surface area (Å²) in [5.41, 5.74) is 0.160. The first kappa shape index (κ1) is 23.7. The lowest BCUT2D eigenvalue weighted by Crippen LogP contribution is -2.39. The highest BCUT2D eigenvalue weighted by atomic mass is 32.2. The molecule has 1 heterocycles. The fourth-order valence-corrected chi connectivity index (χ4v) is 6.90. The van der Waals surface area contributed by atoms with Gasteiger partial charge in [-0.2, -0.15) is 4.31 Å². The van der Waals surface area contributed by atoms with Gasteiger partial charge in [0.15, 0.2) is 0 Å². The van der Waals surface area contributed by atoms with E-state index in [1.165, 1.54) is 53.8 Å². The first-order valence-electron chi connectivity index (χ1n) is 9.62. The molecule has 3 rings (SSSR count). The van der Waals surface area contributed by atoms with Crippen molar-refractivity contribution in [2.45, 2.75) is 34.5 Å². The molecule has 0 saturated carbocycles. The normalized spacial score (nSPS) is 18.6. The Morgan fingerprint density at radius 3 is 2.06 bits per heavy atom. The van der Waals surface area contributed by atoms with Gasteiger partial charge in [0.25, 0.3) is 10.0 Å². The van der Waals surface area contributed by atoms with E-state index in [4.69, 9.17) is 0 Å². The topological polar surface area (TPSA) is 130 Å². The number of nitrogens with zero attached hydrogens (tertiary/aromatic N) is 1. The van der Waals surface area contributed by atoms with Crippen molar-refractivity contribution in [2.24, 2.45) is 5.92 Å². The van der Waals surface area contributed by atoms with Crippen LogP contribution in [-0.4, -0.2) is 49.7 Å². The van der Waals surface area contributed by atoms with Gasteiger partial charge < -0.3 is 0 Å². The third kappa shape index (κ3) is 5.26. The Kier molecular flexibility index (Phi) is 6.77. The molecule has 1 atom stereocenters. The molecule has 31 heavy (non-hydrogen) atoms. The average Bonchev–Trinajstić information content (AvgIpc) is 2.74. The molecule has 2 aromatic rings. The zero-order chi connectivity index (χ0) is 22.9. The summed E-state index contributed by atoms with van der Waals surface area (Å²) in [5, 5.41) is 0. The van der Waals surface area contributed by atoms with Crippen LogP contribution in [0.1, 0.15) is 19.8 Å². The quantitative estimate of drug-likeness (QED) is 0.613. The second-order valence-corrected chi connectivity index (χ2v) is 12.9. The molecule has 0 bridgehead atoms. The number of hydrogen-bond acceptors (Lipinski definition) is 6. The van der Waals surface area contributed by atoms with Crippen LogP contribution >= 0.6 is 0 Å². The highest BCUT2D eigenvalue weighted by molar-refractivity contribution is 7.93. The molecule has 1 aliphatic heterocycles. The van der Waals surface area contributed by atoms with Crippen molar-refractivity contribution >= 4 is 35.8 Å². The summed E-state index contributed by atoms with van der Waals surface area (Å²) in [5.74, 6) is 0.289. The van der Waals surface area contributed by atoms with E-state index in [1.807, 2.05) is 6.92 Å². The highest BCUT2D eigenvalue weighted by Crippen LogP contribution is 2.25. The lowest BCUT2D eigenvalue weighted by atomic mass is 10.0. The Bertz CT molecular complexity index is 1260. The van der Waals surface area contributed by atoms with Gasteiger partial charge in [0, 0.05) is 18.8 Å². The molecule has 1 saturated heterocycles. The number of rotatable bonds is 7. The van der Waals surface area contributed by atoms with E-state index in [9.17, 15) is 25.3 Å². The molecule has 1 fully saturated rings. The largest absolute Gasteiger partial charge is 0.280 e. The van der Waals surface area contributed by atoms with E-state index in [1.54, 1.807) is 0 Å². The predicted molar refractivity (Wildman–Crippen MR) is 117 cm³/mol. The number of nitrogens with one attached hydrogen (secondary N) is 2. The molecule has 2 aromatic carbocycles. The fourth-order valence-electron chi connectivity index (χ4n) is 3.35. The minimum atomic E-state index is -4.08. The van der Waals surface area contributed by atoms with Crippen LogP contribution in [-0.2, 0) is 30.1 Å². The SMILES string of the molecule is CNS(=O)(=O)c1cccc(S(=O)(=O)Nc2ccc(S(=O)(=O)N3CCCC(C)C3)cc2)c1. The van der Waals surface area contributed by atoms with Crippen LogP contribution in [0.2, 0.25) is 0 Å². The Hall–Kier alpha value is -1.99. The first-order chi connectivity index (χ1) is 14.5. The molecule has 1 aliphatic rings. The Morgan fingerprint density at radius 2 is 1.48 bits per heavy atom. The third-order valence-corrected chi connectivity index (χ3v) is 9.73. The maximum Gasteiger partial charge on any atom is 0.261 e. The van der Waals surface area contributed by atoms with Crippen LogP contribution in [0.4, 0.5) is 5.69 Å². The second-order valence-electron chi connectivity index (χ2n) is 7.42. The van der Waals surface area contributed by atoms with Crippen molar-refractivity contribution in [2.75, 3.05) is 24.9 Å². The van der Waals surface area contributed by atoms with E-state index in [0.717, 1.165) is 18.9 Å². The molecule has 0 aromatic heterocycles. The van der Waals surface area contributed by atoms with Gasteiger partial charge in [-0.1, -0.05) is 13.0 Å². The minimum absolute atomic E-state index is 0.0895. The maximum atomic E-state index is 12.8. The molecular weight excluding hydrogens is 462 g/mol. The molecule has 0 amide bonds. The van der Waals surface area contributed by atoms with Gasteiger partial charge in [0.1, 0.15) is 0 Å². The summed E-state index contributed by atoms with van der Waals surface area (Å²) in [6.45, 7) is 2.94. The van der Waals surface area contributed by atoms with Gasteiger partial charge >= 0.3 is 0 Å². The van der Waals surface area contributed by atoms with Crippen molar-refractivity contribution in [1.82, 2.24) is 9.03 Å². The lowest BCUT2D eigenvalue weighted by molar-refractivity contribution is 0.281. The van der Waals surface area contributed by atoms with Crippen LogP contribution < -0.4 is 9.44 Å². The summed E-state index contributed by atoms with van der Waals surface area (Å²) >= 11 is 0. The summed E-state index contributed by atoms with van der Waals surface area (Å²) in [6, 6.07) is 10.4. The van der Waals surface area contributed by atoms with Gasteiger partial charge in [-0.3, -0.25) is 4.72 Å². The summed E-state index contributed by atoms with van der Waals surface area (Å²) < 4.78 is 80.8. The molecule has 2 N–H and O–H groups in total. The fraction of sp³-hybridized carbons (Fsp3) is 0.368. The Labute approximate surface area is 183 Å². The average molecular weight is 488 g/mol. The summed E-state index contributed by atoms with van der Waals surface area (Å²) in [4.78, 5) is -0.329. The van der Waals surface area contributed by atoms with Gasteiger partial charge in [-0.05, 0) is 68.3 Å². The van der Waals surface area contributed by atoms with Crippen LogP contribution in [0.3, 0.4) is 0 Å². The number of benzene rings is 2. The monoisotopic (exact) mass is 487 g/mol. The van der Waals surface area contributed by atoms with E-state index in [-0.39, 0.29) is 26.3 Å². The van der Waals surface area contributed by atoms with E-state index >= 15 is 0 Å². The molecular formula is C19H25N3O6S3. The molecule has 12 heteroatoms. The number of piperidine rings is 1. The minimum Gasteiger partial charge on any atom is -0.280 e. The first-order valence-corrected chi connectivity index (χ1v) is 14.0. The third-order valence-electron chi connectivity index (χ3n) is 5.06. The zero-order valence-electron chi connectivity index (χ0n) is 17.1. The predicted octanol–water partition coefficient (Wildman–Crippen LogP) is 1.82. The summed E-state index contributed by atoms with van der Waals surface area (Å²) in [7, 11) is -10.3. The number of sulfonamides is 3. The highest BCUT2D eigenvalue weighted by Gasteiger charge is 2.28. The van der Waals surface area contributed by atoms with Crippen molar-refractivity contribution < 1.29 is 25.3 Å². The van der Waals surface area contributed by atoms with E-state index in [0.29, 0.717) is 13.1 Å². The van der Waals surface area contributed by atoms with Gasteiger partial charge in [-0.25, -0.2) is 30.0 Å². The second kappa shape index (κ2) is 8.87.